The molecule has 0 radical (unpaired) electrons. The second-order valence-electron chi connectivity index (χ2n) is 10.2. The van der Waals surface area contributed by atoms with Crippen LogP contribution in [0.3, 0.4) is 0 Å². The summed E-state index contributed by atoms with van der Waals surface area (Å²) in [5.74, 6) is 1.73. The molecule has 7 nitrogen and oxygen atoms in total. The molecule has 3 aromatic rings. The molecule has 1 amide bonds. The Hall–Kier alpha value is -3.49. The number of hydrogen-bond acceptors (Lipinski definition) is 6. The molecule has 192 valence electrons. The lowest BCUT2D eigenvalue weighted by Gasteiger charge is -2.29. The van der Waals surface area contributed by atoms with Gasteiger partial charge in [0, 0.05) is 56.6 Å². The third-order valence-corrected chi connectivity index (χ3v) is 7.59. The molecule has 2 unspecified atom stereocenters. The topological polar surface area (TPSA) is 66.9 Å². The van der Waals surface area contributed by atoms with E-state index in [2.05, 4.69) is 15.2 Å². The first-order valence-corrected chi connectivity index (χ1v) is 12.9. The monoisotopic (exact) mass is 502 g/mol. The lowest BCUT2D eigenvalue weighted by Crippen LogP contribution is -2.36. The molecule has 2 saturated heterocycles. The van der Waals surface area contributed by atoms with E-state index < -0.39 is 0 Å². The van der Waals surface area contributed by atoms with E-state index in [1.807, 2.05) is 54.4 Å². The third kappa shape index (κ3) is 5.31. The standard InChI is InChI=1S/C29H31FN4O3/c1-19-2-6-22(7-3-19)37-27-9-4-20(15-31-27)16-33-17-23-24(18-33)28(23)29(35)32-21-5-8-26(25(30)14-21)34-10-12-36-13-11-34/h2-9,14-15,23-24,28H,10-13,16-18H2,1H3,(H,32,35). The first-order chi connectivity index (χ1) is 18.0. The number of ether oxygens (including phenoxy) is 2. The molecule has 1 saturated carbocycles. The molecular weight excluding hydrogens is 471 g/mol. The number of carbonyl (C=O) groups excluding carboxylic acids is 1. The number of rotatable bonds is 7. The largest absolute Gasteiger partial charge is 0.439 e. The summed E-state index contributed by atoms with van der Waals surface area (Å²) in [5, 5.41) is 2.93. The molecule has 3 fully saturated rings. The van der Waals surface area contributed by atoms with Crippen LogP contribution in [0.2, 0.25) is 0 Å². The Morgan fingerprint density at radius 3 is 2.51 bits per heavy atom. The molecule has 6 rings (SSSR count). The number of pyridine rings is 1. The molecule has 2 aromatic carbocycles. The van der Waals surface area contributed by atoms with E-state index in [0.29, 0.717) is 55.4 Å². The highest BCUT2D eigenvalue weighted by molar-refractivity contribution is 5.95. The summed E-state index contributed by atoms with van der Waals surface area (Å²) in [4.78, 5) is 21.6. The summed E-state index contributed by atoms with van der Waals surface area (Å²) in [6.07, 6.45) is 1.85. The van der Waals surface area contributed by atoms with Gasteiger partial charge in [0.05, 0.1) is 18.9 Å². The van der Waals surface area contributed by atoms with Gasteiger partial charge in [-0.2, -0.15) is 0 Å². The second-order valence-corrected chi connectivity index (χ2v) is 10.2. The highest BCUT2D eigenvalue weighted by atomic mass is 19.1. The molecule has 37 heavy (non-hydrogen) atoms. The molecular formula is C29H31FN4O3. The quantitative estimate of drug-likeness (QED) is 0.514. The van der Waals surface area contributed by atoms with Crippen LogP contribution in [0.1, 0.15) is 11.1 Å². The number of carbonyl (C=O) groups is 1. The lowest BCUT2D eigenvalue weighted by atomic mass is 10.2. The van der Waals surface area contributed by atoms with Gasteiger partial charge in [0.2, 0.25) is 11.8 Å². The van der Waals surface area contributed by atoms with Gasteiger partial charge in [0.1, 0.15) is 11.6 Å². The van der Waals surface area contributed by atoms with E-state index in [0.717, 1.165) is 30.9 Å². The average Bonchev–Trinajstić information content (AvgIpc) is 3.42. The van der Waals surface area contributed by atoms with Crippen LogP contribution in [0.25, 0.3) is 0 Å². The number of aromatic nitrogens is 1. The van der Waals surface area contributed by atoms with Gasteiger partial charge >= 0.3 is 0 Å². The first-order valence-electron chi connectivity index (χ1n) is 12.9. The highest BCUT2D eigenvalue weighted by Crippen LogP contribution is 2.52. The predicted molar refractivity (Wildman–Crippen MR) is 139 cm³/mol. The molecule has 3 heterocycles. The second kappa shape index (κ2) is 10.1. The molecule has 1 aliphatic carbocycles. The number of fused-ring (bicyclic) bond motifs is 1. The van der Waals surface area contributed by atoms with Gasteiger partial charge in [-0.1, -0.05) is 23.8 Å². The minimum Gasteiger partial charge on any atom is -0.439 e. The van der Waals surface area contributed by atoms with Gasteiger partial charge in [-0.25, -0.2) is 9.37 Å². The average molecular weight is 503 g/mol. The van der Waals surface area contributed by atoms with Crippen LogP contribution in [0.4, 0.5) is 15.8 Å². The zero-order valence-corrected chi connectivity index (χ0v) is 20.9. The van der Waals surface area contributed by atoms with Crippen LogP contribution in [-0.2, 0) is 16.1 Å². The van der Waals surface area contributed by atoms with Gasteiger partial charge in [-0.3, -0.25) is 9.69 Å². The molecule has 2 atom stereocenters. The van der Waals surface area contributed by atoms with Crippen molar-refractivity contribution in [2.75, 3.05) is 49.6 Å². The maximum atomic E-state index is 14.7. The van der Waals surface area contributed by atoms with Crippen molar-refractivity contribution in [3.63, 3.8) is 0 Å². The maximum absolute atomic E-state index is 14.7. The van der Waals surface area contributed by atoms with Crippen LogP contribution in [0.5, 0.6) is 11.6 Å². The summed E-state index contributed by atoms with van der Waals surface area (Å²) < 4.78 is 25.8. The van der Waals surface area contributed by atoms with Crippen LogP contribution in [-0.4, -0.2) is 55.2 Å². The fraction of sp³-hybridized carbons (Fsp3) is 0.379. The zero-order chi connectivity index (χ0) is 25.4. The summed E-state index contributed by atoms with van der Waals surface area (Å²) in [7, 11) is 0. The van der Waals surface area contributed by atoms with Crippen LogP contribution < -0.4 is 15.0 Å². The van der Waals surface area contributed by atoms with Gasteiger partial charge in [-0.15, -0.1) is 0 Å². The highest BCUT2D eigenvalue weighted by Gasteiger charge is 2.59. The van der Waals surface area contributed by atoms with Crippen molar-refractivity contribution in [1.29, 1.82) is 0 Å². The van der Waals surface area contributed by atoms with E-state index >= 15 is 0 Å². The molecule has 3 aliphatic rings. The summed E-state index contributed by atoms with van der Waals surface area (Å²) in [6, 6.07) is 16.8. The summed E-state index contributed by atoms with van der Waals surface area (Å²) in [5.41, 5.74) is 3.38. The van der Waals surface area contributed by atoms with Crippen molar-refractivity contribution in [3.8, 4) is 11.6 Å². The van der Waals surface area contributed by atoms with Crippen molar-refractivity contribution < 1.29 is 18.7 Å². The molecule has 2 aliphatic heterocycles. The number of hydrogen-bond donors (Lipinski definition) is 1. The third-order valence-electron chi connectivity index (χ3n) is 7.59. The molecule has 8 heteroatoms. The number of nitrogens with zero attached hydrogens (tertiary/aromatic N) is 3. The Morgan fingerprint density at radius 1 is 1.08 bits per heavy atom. The normalized spacial score (nSPS) is 23.0. The van der Waals surface area contributed by atoms with Gasteiger partial charge in [0.15, 0.2) is 0 Å². The predicted octanol–water partition coefficient (Wildman–Crippen LogP) is 4.47. The van der Waals surface area contributed by atoms with Crippen LogP contribution in [0, 0.1) is 30.5 Å². The van der Waals surface area contributed by atoms with E-state index in [9.17, 15) is 9.18 Å². The number of morpholine rings is 1. The number of benzene rings is 2. The van der Waals surface area contributed by atoms with Gasteiger partial charge in [0.25, 0.3) is 0 Å². The Balaban J connectivity index is 0.978. The van der Waals surface area contributed by atoms with Crippen LogP contribution in [0.15, 0.2) is 60.8 Å². The van der Waals surface area contributed by atoms with Crippen molar-refractivity contribution >= 4 is 17.3 Å². The van der Waals surface area contributed by atoms with Crippen molar-refractivity contribution in [2.24, 2.45) is 17.8 Å². The Morgan fingerprint density at radius 2 is 1.84 bits per heavy atom. The summed E-state index contributed by atoms with van der Waals surface area (Å²) >= 11 is 0. The minimum absolute atomic E-state index is 0.00152. The number of anilines is 2. The molecule has 0 spiro atoms. The smallest absolute Gasteiger partial charge is 0.228 e. The van der Waals surface area contributed by atoms with Crippen LogP contribution >= 0.6 is 0 Å². The fourth-order valence-corrected chi connectivity index (χ4v) is 5.55. The number of piperidine rings is 1. The van der Waals surface area contributed by atoms with Crippen molar-refractivity contribution in [2.45, 2.75) is 13.5 Å². The SMILES string of the molecule is Cc1ccc(Oc2ccc(CN3CC4C(C3)C4C(=O)Nc3ccc(N4CCOCC4)c(F)c3)cn2)cc1. The maximum Gasteiger partial charge on any atom is 0.228 e. The van der Waals surface area contributed by atoms with Gasteiger partial charge in [-0.05, 0) is 54.7 Å². The van der Waals surface area contributed by atoms with Crippen molar-refractivity contribution in [1.82, 2.24) is 9.88 Å². The number of likely N-dealkylation sites (tertiary alicyclic amines) is 1. The number of aryl methyl sites for hydroxylation is 1. The summed E-state index contributed by atoms with van der Waals surface area (Å²) in [6.45, 7) is 7.15. The Kier molecular flexibility index (Phi) is 6.52. The van der Waals surface area contributed by atoms with Crippen molar-refractivity contribution in [3.05, 3.63) is 77.7 Å². The minimum atomic E-state index is -0.314. The number of halogens is 1. The van der Waals surface area contributed by atoms with E-state index in [-0.39, 0.29) is 17.6 Å². The number of amides is 1. The Labute approximate surface area is 216 Å². The van der Waals surface area contributed by atoms with E-state index in [4.69, 9.17) is 9.47 Å². The van der Waals surface area contributed by atoms with E-state index in [1.54, 1.807) is 12.1 Å². The number of nitrogens with one attached hydrogen (secondary N) is 1. The first kappa shape index (κ1) is 23.9. The molecule has 1 N–H and O–H groups in total. The Bertz CT molecular complexity index is 1250. The fourth-order valence-electron chi connectivity index (χ4n) is 5.55. The zero-order valence-electron chi connectivity index (χ0n) is 20.9. The molecule has 0 bridgehead atoms. The lowest BCUT2D eigenvalue weighted by molar-refractivity contribution is -0.118. The van der Waals surface area contributed by atoms with E-state index in [1.165, 1.54) is 11.6 Å². The molecule has 1 aromatic heterocycles. The van der Waals surface area contributed by atoms with Gasteiger partial charge < -0.3 is 19.7 Å².